The molecule has 1 aromatic carbocycles. The van der Waals surface area contributed by atoms with Gasteiger partial charge in [-0.1, -0.05) is 49.4 Å². The Labute approximate surface area is 124 Å². The lowest BCUT2D eigenvalue weighted by Gasteiger charge is -2.11. The second-order valence-corrected chi connectivity index (χ2v) is 6.41. The van der Waals surface area contributed by atoms with E-state index in [2.05, 4.69) is 53.6 Å². The predicted octanol–water partition coefficient (Wildman–Crippen LogP) is 3.48. The van der Waals surface area contributed by atoms with Gasteiger partial charge in [0, 0.05) is 5.92 Å². The van der Waals surface area contributed by atoms with Crippen molar-refractivity contribution in [2.24, 2.45) is 0 Å². The van der Waals surface area contributed by atoms with Crippen LogP contribution in [0.4, 0.5) is 0 Å². The van der Waals surface area contributed by atoms with Crippen molar-refractivity contribution < 1.29 is 0 Å². The molecule has 0 radical (unpaired) electrons. The second-order valence-electron chi connectivity index (χ2n) is 5.37. The highest BCUT2D eigenvalue weighted by Gasteiger charge is 2.26. The molecule has 0 saturated carbocycles. The van der Waals surface area contributed by atoms with Crippen LogP contribution in [-0.4, -0.2) is 16.7 Å². The van der Waals surface area contributed by atoms with Crippen LogP contribution in [0.2, 0.25) is 0 Å². The molecule has 4 heteroatoms. The predicted molar refractivity (Wildman–Crippen MR) is 83.2 cm³/mol. The van der Waals surface area contributed by atoms with Crippen molar-refractivity contribution in [2.45, 2.75) is 45.1 Å². The molecule has 0 aliphatic heterocycles. The van der Waals surface area contributed by atoms with E-state index in [1.165, 1.54) is 16.1 Å². The van der Waals surface area contributed by atoms with Crippen LogP contribution in [0.5, 0.6) is 0 Å². The maximum absolute atomic E-state index is 4.46. The van der Waals surface area contributed by atoms with Gasteiger partial charge in [0.2, 0.25) is 0 Å². The minimum Gasteiger partial charge on any atom is -0.308 e. The summed E-state index contributed by atoms with van der Waals surface area (Å²) in [5.74, 6) is 0.526. The molecule has 0 bridgehead atoms. The van der Waals surface area contributed by atoms with Gasteiger partial charge in [-0.3, -0.25) is 0 Å². The van der Waals surface area contributed by atoms with Crippen LogP contribution in [0, 0.1) is 0 Å². The van der Waals surface area contributed by atoms with Crippen molar-refractivity contribution in [3.8, 4) is 0 Å². The molecule has 1 aliphatic carbocycles. The molecule has 2 aromatic rings. The zero-order chi connectivity index (χ0) is 13.9. The van der Waals surface area contributed by atoms with E-state index < -0.39 is 0 Å². The molecular formula is C16H21N3S. The SMILES string of the molecule is CCNC(CC)c1nnc(C2Cc3ccccc3C2)s1. The van der Waals surface area contributed by atoms with Gasteiger partial charge in [0.1, 0.15) is 10.0 Å². The maximum Gasteiger partial charge on any atom is 0.134 e. The first-order valence-electron chi connectivity index (χ1n) is 7.45. The van der Waals surface area contributed by atoms with E-state index >= 15 is 0 Å². The first kappa shape index (κ1) is 13.7. The zero-order valence-electron chi connectivity index (χ0n) is 12.1. The highest BCUT2D eigenvalue weighted by molar-refractivity contribution is 7.11. The van der Waals surface area contributed by atoms with Gasteiger partial charge in [-0.2, -0.15) is 0 Å². The lowest BCUT2D eigenvalue weighted by atomic mass is 10.1. The Morgan fingerprint density at radius 1 is 1.20 bits per heavy atom. The molecule has 1 aliphatic rings. The number of fused-ring (bicyclic) bond motifs is 1. The number of nitrogens with zero attached hydrogens (tertiary/aromatic N) is 2. The summed E-state index contributed by atoms with van der Waals surface area (Å²) in [6.07, 6.45) is 3.29. The van der Waals surface area contributed by atoms with Gasteiger partial charge >= 0.3 is 0 Å². The molecule has 0 saturated heterocycles. The lowest BCUT2D eigenvalue weighted by molar-refractivity contribution is 0.530. The Morgan fingerprint density at radius 2 is 1.90 bits per heavy atom. The second kappa shape index (κ2) is 6.02. The van der Waals surface area contributed by atoms with Crippen LogP contribution in [-0.2, 0) is 12.8 Å². The normalized spacial score (nSPS) is 16.3. The zero-order valence-corrected chi connectivity index (χ0v) is 12.9. The van der Waals surface area contributed by atoms with Crippen molar-refractivity contribution in [3.63, 3.8) is 0 Å². The van der Waals surface area contributed by atoms with Gasteiger partial charge in [-0.05, 0) is 36.9 Å². The molecule has 1 N–H and O–H groups in total. The maximum atomic E-state index is 4.46. The Hall–Kier alpha value is -1.26. The number of aromatic nitrogens is 2. The van der Waals surface area contributed by atoms with Crippen LogP contribution < -0.4 is 5.32 Å². The van der Waals surface area contributed by atoms with Gasteiger partial charge in [0.05, 0.1) is 6.04 Å². The van der Waals surface area contributed by atoms with Crippen molar-refractivity contribution in [1.29, 1.82) is 0 Å². The quantitative estimate of drug-likeness (QED) is 0.915. The molecule has 1 atom stereocenters. The fourth-order valence-corrected chi connectivity index (χ4v) is 4.04. The van der Waals surface area contributed by atoms with E-state index in [9.17, 15) is 0 Å². The standard InChI is InChI=1S/C16H21N3S/c1-3-14(17-4-2)16-19-18-15(20-16)13-9-11-7-5-6-8-12(11)10-13/h5-8,13-14,17H,3-4,9-10H2,1-2H3. The van der Waals surface area contributed by atoms with E-state index in [-0.39, 0.29) is 0 Å². The van der Waals surface area contributed by atoms with Crippen LogP contribution >= 0.6 is 11.3 Å². The van der Waals surface area contributed by atoms with E-state index in [4.69, 9.17) is 0 Å². The number of nitrogens with one attached hydrogen (secondary N) is 1. The Balaban J connectivity index is 1.75. The first-order valence-corrected chi connectivity index (χ1v) is 8.26. The summed E-state index contributed by atoms with van der Waals surface area (Å²) in [5, 5.41) is 14.7. The minimum absolute atomic E-state index is 0.357. The fourth-order valence-electron chi connectivity index (χ4n) is 2.94. The number of hydrogen-bond acceptors (Lipinski definition) is 4. The largest absolute Gasteiger partial charge is 0.308 e. The summed E-state index contributed by atoms with van der Waals surface area (Å²) in [6, 6.07) is 9.10. The third kappa shape index (κ3) is 2.63. The van der Waals surface area contributed by atoms with Gasteiger partial charge < -0.3 is 5.32 Å². The van der Waals surface area contributed by atoms with Crippen LogP contribution in [0.25, 0.3) is 0 Å². The minimum atomic E-state index is 0.357. The highest BCUT2D eigenvalue weighted by atomic mass is 32.1. The van der Waals surface area contributed by atoms with Crippen molar-refractivity contribution in [3.05, 3.63) is 45.4 Å². The molecule has 1 heterocycles. The van der Waals surface area contributed by atoms with Crippen LogP contribution in [0.1, 0.15) is 53.4 Å². The third-order valence-electron chi connectivity index (χ3n) is 4.01. The van der Waals surface area contributed by atoms with E-state index in [0.717, 1.165) is 30.8 Å². The van der Waals surface area contributed by atoms with E-state index in [1.54, 1.807) is 11.3 Å². The van der Waals surface area contributed by atoms with E-state index in [0.29, 0.717) is 12.0 Å². The van der Waals surface area contributed by atoms with Gasteiger partial charge in [-0.25, -0.2) is 0 Å². The third-order valence-corrected chi connectivity index (χ3v) is 5.21. The van der Waals surface area contributed by atoms with Crippen molar-refractivity contribution in [1.82, 2.24) is 15.5 Å². The molecule has 0 amide bonds. The smallest absolute Gasteiger partial charge is 0.134 e. The molecule has 20 heavy (non-hydrogen) atoms. The summed E-state index contributed by atoms with van der Waals surface area (Å²) < 4.78 is 0. The molecular weight excluding hydrogens is 266 g/mol. The molecule has 106 valence electrons. The monoisotopic (exact) mass is 287 g/mol. The fraction of sp³-hybridized carbons (Fsp3) is 0.500. The topological polar surface area (TPSA) is 37.8 Å². The van der Waals surface area contributed by atoms with Crippen molar-refractivity contribution in [2.75, 3.05) is 6.54 Å². The number of benzene rings is 1. The Bertz CT molecular complexity index is 554. The summed E-state index contributed by atoms with van der Waals surface area (Å²) >= 11 is 1.79. The summed E-state index contributed by atoms with van der Waals surface area (Å²) in [5.41, 5.74) is 2.96. The average molecular weight is 287 g/mol. The molecule has 1 unspecified atom stereocenters. The van der Waals surface area contributed by atoms with E-state index in [1.807, 2.05) is 0 Å². The molecule has 0 spiro atoms. The summed E-state index contributed by atoms with van der Waals surface area (Å²) in [4.78, 5) is 0. The van der Waals surface area contributed by atoms with Gasteiger partial charge in [0.15, 0.2) is 0 Å². The summed E-state index contributed by atoms with van der Waals surface area (Å²) in [6.45, 7) is 5.31. The highest BCUT2D eigenvalue weighted by Crippen LogP contribution is 2.36. The average Bonchev–Trinajstić information content (AvgIpc) is 3.10. The van der Waals surface area contributed by atoms with Crippen molar-refractivity contribution >= 4 is 11.3 Å². The number of rotatable bonds is 5. The van der Waals surface area contributed by atoms with Crippen LogP contribution in [0.15, 0.2) is 24.3 Å². The first-order chi connectivity index (χ1) is 9.81. The summed E-state index contributed by atoms with van der Waals surface area (Å²) in [7, 11) is 0. The Kier molecular flexibility index (Phi) is 4.13. The number of hydrogen-bond donors (Lipinski definition) is 1. The Morgan fingerprint density at radius 3 is 2.50 bits per heavy atom. The van der Waals surface area contributed by atoms with Gasteiger partial charge in [-0.15, -0.1) is 10.2 Å². The lowest BCUT2D eigenvalue weighted by Crippen LogP contribution is -2.19. The van der Waals surface area contributed by atoms with Gasteiger partial charge in [0.25, 0.3) is 0 Å². The molecule has 3 rings (SSSR count). The molecule has 3 nitrogen and oxygen atoms in total. The van der Waals surface area contributed by atoms with Crippen LogP contribution in [0.3, 0.4) is 0 Å². The molecule has 1 aromatic heterocycles. The molecule has 0 fully saturated rings.